The number of carbonyl (C=O) groups is 2. The van der Waals surface area contributed by atoms with Gasteiger partial charge in [-0.1, -0.05) is 22.0 Å². The van der Waals surface area contributed by atoms with E-state index in [9.17, 15) is 14.0 Å². The molecule has 7 heteroatoms. The summed E-state index contributed by atoms with van der Waals surface area (Å²) in [6, 6.07) is 4.84. The molecule has 1 spiro atoms. The predicted molar refractivity (Wildman–Crippen MR) is 113 cm³/mol. The molecule has 30 heavy (non-hydrogen) atoms. The topological polar surface area (TPSA) is 67.4 Å². The second kappa shape index (κ2) is 7.90. The molecule has 5 rings (SSSR count). The number of rotatable bonds is 5. The van der Waals surface area contributed by atoms with Gasteiger partial charge >= 0.3 is 5.97 Å². The molecule has 4 aliphatic rings. The Morgan fingerprint density at radius 1 is 1.13 bits per heavy atom. The summed E-state index contributed by atoms with van der Waals surface area (Å²) in [7, 11) is 0. The average molecular weight is 479 g/mol. The van der Waals surface area contributed by atoms with Gasteiger partial charge in [0.15, 0.2) is 0 Å². The summed E-state index contributed by atoms with van der Waals surface area (Å²) < 4.78 is 20.7. The van der Waals surface area contributed by atoms with E-state index in [2.05, 4.69) is 26.6 Å². The van der Waals surface area contributed by atoms with Crippen LogP contribution in [0.2, 0.25) is 0 Å². The minimum atomic E-state index is -0.351. The predicted octanol–water partition coefficient (Wildman–Crippen LogP) is 3.55. The van der Waals surface area contributed by atoms with Crippen molar-refractivity contribution in [3.8, 4) is 0 Å². The van der Waals surface area contributed by atoms with Crippen LogP contribution in [0, 0.1) is 34.9 Å². The zero-order valence-corrected chi connectivity index (χ0v) is 18.5. The van der Waals surface area contributed by atoms with Crippen LogP contribution >= 0.6 is 15.9 Å². The third-order valence-corrected chi connectivity index (χ3v) is 8.45. The molecule has 0 aromatic heterocycles. The molecule has 5 nitrogen and oxygen atoms in total. The van der Waals surface area contributed by atoms with Crippen LogP contribution in [-0.4, -0.2) is 31.1 Å². The maximum absolute atomic E-state index is 14.2. The zero-order chi connectivity index (χ0) is 20.9. The van der Waals surface area contributed by atoms with Gasteiger partial charge in [0, 0.05) is 16.6 Å². The highest BCUT2D eigenvalue weighted by Gasteiger charge is 2.72. The number of esters is 1. The van der Waals surface area contributed by atoms with E-state index in [1.165, 1.54) is 6.07 Å². The third kappa shape index (κ3) is 3.48. The summed E-state index contributed by atoms with van der Waals surface area (Å²) >= 11 is 3.25. The molecule has 2 bridgehead atoms. The van der Waals surface area contributed by atoms with E-state index >= 15 is 0 Å². The summed E-state index contributed by atoms with van der Waals surface area (Å²) in [6.45, 7) is 1.86. The molecule has 4 atom stereocenters. The van der Waals surface area contributed by atoms with Crippen molar-refractivity contribution in [1.29, 1.82) is 0 Å². The number of halogens is 2. The quantitative estimate of drug-likeness (QED) is 0.635. The number of ether oxygens (including phenoxy) is 1. The van der Waals surface area contributed by atoms with Crippen molar-refractivity contribution in [2.75, 3.05) is 13.1 Å². The summed E-state index contributed by atoms with van der Waals surface area (Å²) in [5.74, 6) is -0.842. The molecule has 2 N–H and O–H groups in total. The molecular formula is C23H28BrFN2O3. The highest BCUT2D eigenvalue weighted by atomic mass is 79.9. The fourth-order valence-electron chi connectivity index (χ4n) is 6.45. The highest BCUT2D eigenvalue weighted by molar-refractivity contribution is 9.10. The number of carbonyl (C=O) groups excluding carboxylic acids is 2. The number of hydrogen-bond acceptors (Lipinski definition) is 4. The molecule has 3 aliphatic carbocycles. The lowest BCUT2D eigenvalue weighted by atomic mass is 9.78. The molecule has 1 amide bonds. The summed E-state index contributed by atoms with van der Waals surface area (Å²) in [5.41, 5.74) is 0.618. The normalized spacial score (nSPS) is 31.7. The van der Waals surface area contributed by atoms with Gasteiger partial charge in [-0.2, -0.15) is 0 Å². The summed E-state index contributed by atoms with van der Waals surface area (Å²) in [5, 5.41) is 6.21. The molecule has 162 valence electrons. The van der Waals surface area contributed by atoms with E-state index in [1.807, 2.05) is 0 Å². The number of hydrogen-bond donors (Lipinski definition) is 2. The van der Waals surface area contributed by atoms with E-state index in [4.69, 9.17) is 4.74 Å². The van der Waals surface area contributed by atoms with Crippen molar-refractivity contribution in [2.24, 2.45) is 29.1 Å². The van der Waals surface area contributed by atoms with Crippen molar-refractivity contribution >= 4 is 27.8 Å². The minimum absolute atomic E-state index is 0.0476. The molecule has 1 aromatic carbocycles. The second-order valence-corrected chi connectivity index (χ2v) is 10.3. The monoisotopic (exact) mass is 478 g/mol. The van der Waals surface area contributed by atoms with E-state index in [0.717, 1.165) is 51.6 Å². The van der Waals surface area contributed by atoms with E-state index < -0.39 is 0 Å². The highest BCUT2D eigenvalue weighted by Crippen LogP contribution is 2.74. The van der Waals surface area contributed by atoms with Gasteiger partial charge in [-0.25, -0.2) is 4.39 Å². The largest absolute Gasteiger partial charge is 0.462 e. The fourth-order valence-corrected chi connectivity index (χ4v) is 6.78. The van der Waals surface area contributed by atoms with Crippen LogP contribution in [0.4, 0.5) is 4.39 Å². The Morgan fingerprint density at radius 3 is 2.50 bits per heavy atom. The van der Waals surface area contributed by atoms with Crippen LogP contribution in [0.25, 0.3) is 0 Å². The number of benzene rings is 1. The maximum atomic E-state index is 14.2. The van der Waals surface area contributed by atoms with Crippen molar-refractivity contribution in [1.82, 2.24) is 10.6 Å². The first-order valence-electron chi connectivity index (χ1n) is 11.1. The van der Waals surface area contributed by atoms with Crippen LogP contribution in [0.5, 0.6) is 0 Å². The van der Waals surface area contributed by atoms with Crippen molar-refractivity contribution in [2.45, 2.75) is 51.2 Å². The minimum Gasteiger partial charge on any atom is -0.462 e. The average Bonchev–Trinajstić information content (AvgIpc) is 3.40. The Kier molecular flexibility index (Phi) is 5.38. The smallest absolute Gasteiger partial charge is 0.310 e. The Bertz CT molecular complexity index is 853. The van der Waals surface area contributed by atoms with Gasteiger partial charge in [0.25, 0.3) is 0 Å². The van der Waals surface area contributed by atoms with Gasteiger partial charge in [0.05, 0.1) is 11.8 Å². The maximum Gasteiger partial charge on any atom is 0.310 e. The first-order chi connectivity index (χ1) is 14.5. The number of piperidine rings is 1. The lowest BCUT2D eigenvalue weighted by molar-refractivity contribution is -0.161. The van der Waals surface area contributed by atoms with Gasteiger partial charge in [-0.3, -0.25) is 9.59 Å². The third-order valence-electron chi connectivity index (χ3n) is 7.96. The van der Waals surface area contributed by atoms with Gasteiger partial charge in [0.2, 0.25) is 5.91 Å². The van der Waals surface area contributed by atoms with Crippen molar-refractivity contribution in [3.05, 3.63) is 34.1 Å². The zero-order valence-electron chi connectivity index (χ0n) is 17.0. The molecular weight excluding hydrogens is 451 g/mol. The number of nitrogens with one attached hydrogen (secondary N) is 2. The van der Waals surface area contributed by atoms with Crippen LogP contribution in [-0.2, 0) is 20.9 Å². The first-order valence-corrected chi connectivity index (χ1v) is 11.9. The summed E-state index contributed by atoms with van der Waals surface area (Å²) in [4.78, 5) is 26.5. The van der Waals surface area contributed by atoms with E-state index in [-0.39, 0.29) is 59.4 Å². The lowest BCUT2D eigenvalue weighted by Gasteiger charge is -2.31. The van der Waals surface area contributed by atoms with Crippen LogP contribution in [0.3, 0.4) is 0 Å². The van der Waals surface area contributed by atoms with E-state index in [1.54, 1.807) is 12.1 Å². The Labute approximate surface area is 184 Å². The lowest BCUT2D eigenvalue weighted by Crippen LogP contribution is -2.43. The SMILES string of the molecule is O=C(OC1CCNCC1)[C@H]1[C@H](C(=O)NCc2ccc(Br)cc2F)[C@@H]2CC[C@H]1C21CC1. The molecule has 1 heterocycles. The van der Waals surface area contributed by atoms with Crippen molar-refractivity contribution in [3.63, 3.8) is 0 Å². The molecule has 4 fully saturated rings. The molecule has 0 radical (unpaired) electrons. The molecule has 1 saturated heterocycles. The molecule has 1 aromatic rings. The van der Waals surface area contributed by atoms with Crippen LogP contribution in [0.1, 0.15) is 44.1 Å². The van der Waals surface area contributed by atoms with Gasteiger partial charge in [-0.05, 0) is 81.0 Å². The van der Waals surface area contributed by atoms with Crippen LogP contribution < -0.4 is 10.6 Å². The molecule has 3 saturated carbocycles. The Balaban J connectivity index is 1.31. The van der Waals surface area contributed by atoms with Gasteiger partial charge in [-0.15, -0.1) is 0 Å². The Morgan fingerprint density at radius 2 is 1.83 bits per heavy atom. The molecule has 1 aliphatic heterocycles. The van der Waals surface area contributed by atoms with Crippen LogP contribution in [0.15, 0.2) is 22.7 Å². The Hall–Kier alpha value is -1.47. The van der Waals surface area contributed by atoms with Gasteiger partial charge < -0.3 is 15.4 Å². The van der Waals surface area contributed by atoms with Crippen molar-refractivity contribution < 1.29 is 18.7 Å². The first kappa shape index (κ1) is 20.4. The second-order valence-electron chi connectivity index (χ2n) is 9.41. The van der Waals surface area contributed by atoms with Gasteiger partial charge in [0.1, 0.15) is 11.9 Å². The standard InChI is InChI=1S/C23H28BrFN2O3/c24-14-2-1-13(18(25)11-14)12-27-21(28)19-16-3-4-17(23(16)7-8-23)20(19)22(29)30-15-5-9-26-10-6-15/h1-2,11,15-17,19-20,26H,3-10,12H2,(H,27,28)/t16-,17+,19+,20+/m0/s1. The van der Waals surface area contributed by atoms with E-state index in [0.29, 0.717) is 10.0 Å². The number of amides is 1. The fraction of sp³-hybridized carbons (Fsp3) is 0.652. The molecule has 0 unspecified atom stereocenters. The summed E-state index contributed by atoms with van der Waals surface area (Å²) in [6.07, 6.45) is 5.87.